The fourth-order valence-electron chi connectivity index (χ4n) is 2.55. The van der Waals surface area contributed by atoms with E-state index in [4.69, 9.17) is 11.6 Å². The molecule has 0 unspecified atom stereocenters. The van der Waals surface area contributed by atoms with Crippen LogP contribution in [-0.4, -0.2) is 35.0 Å². The summed E-state index contributed by atoms with van der Waals surface area (Å²) in [7, 11) is 0. The molecular formula is C14H23ClN4O. The number of nitrogens with one attached hydrogen (secondary N) is 1. The SMILES string of the molecule is CC(C)Cn1ncc(N2CCNCC2(C)C)c(Cl)c1=O. The fraction of sp³-hybridized carbons (Fsp3) is 0.714. The Kier molecular flexibility index (Phi) is 4.39. The maximum Gasteiger partial charge on any atom is 0.287 e. The molecule has 0 aromatic carbocycles. The van der Waals surface area contributed by atoms with Gasteiger partial charge < -0.3 is 10.2 Å². The van der Waals surface area contributed by atoms with Gasteiger partial charge in [0.05, 0.1) is 11.9 Å². The molecule has 1 N–H and O–H groups in total. The van der Waals surface area contributed by atoms with E-state index in [0.717, 1.165) is 25.3 Å². The Hall–Kier alpha value is -1.07. The molecule has 1 aromatic heterocycles. The van der Waals surface area contributed by atoms with Gasteiger partial charge in [-0.15, -0.1) is 0 Å². The highest BCUT2D eigenvalue weighted by Crippen LogP contribution is 2.29. The normalized spacial score (nSPS) is 18.6. The average molecular weight is 299 g/mol. The molecule has 112 valence electrons. The maximum absolute atomic E-state index is 12.3. The summed E-state index contributed by atoms with van der Waals surface area (Å²) < 4.78 is 1.45. The molecule has 0 saturated carbocycles. The van der Waals surface area contributed by atoms with Gasteiger partial charge in [-0.2, -0.15) is 5.10 Å². The Morgan fingerprint density at radius 1 is 1.50 bits per heavy atom. The van der Waals surface area contributed by atoms with Crippen LogP contribution in [-0.2, 0) is 6.54 Å². The highest BCUT2D eigenvalue weighted by atomic mass is 35.5. The van der Waals surface area contributed by atoms with Crippen LogP contribution < -0.4 is 15.8 Å². The first-order chi connectivity index (χ1) is 9.33. The van der Waals surface area contributed by atoms with Crippen molar-refractivity contribution in [2.45, 2.75) is 39.8 Å². The number of rotatable bonds is 3. The minimum absolute atomic E-state index is 0.0831. The molecule has 0 atom stereocenters. The second-order valence-electron chi connectivity index (χ2n) is 6.37. The van der Waals surface area contributed by atoms with Crippen molar-refractivity contribution in [1.82, 2.24) is 15.1 Å². The van der Waals surface area contributed by atoms with Gasteiger partial charge in [0, 0.05) is 31.7 Å². The van der Waals surface area contributed by atoms with Crippen LogP contribution in [0.3, 0.4) is 0 Å². The van der Waals surface area contributed by atoms with Crippen LogP contribution >= 0.6 is 11.6 Å². The van der Waals surface area contributed by atoms with Crippen LogP contribution in [0, 0.1) is 5.92 Å². The number of halogens is 1. The third-order valence-corrected chi connectivity index (χ3v) is 3.95. The van der Waals surface area contributed by atoms with Crippen molar-refractivity contribution in [2.24, 2.45) is 5.92 Å². The molecule has 5 nitrogen and oxygen atoms in total. The molecule has 2 rings (SSSR count). The highest BCUT2D eigenvalue weighted by Gasteiger charge is 2.32. The van der Waals surface area contributed by atoms with Gasteiger partial charge in [-0.25, -0.2) is 4.68 Å². The van der Waals surface area contributed by atoms with E-state index < -0.39 is 0 Å². The molecule has 1 aliphatic rings. The van der Waals surface area contributed by atoms with E-state index in [2.05, 4.69) is 43.0 Å². The first-order valence-electron chi connectivity index (χ1n) is 7.07. The predicted octanol–water partition coefficient (Wildman–Crippen LogP) is 1.74. The van der Waals surface area contributed by atoms with Gasteiger partial charge in [0.25, 0.3) is 5.56 Å². The monoisotopic (exact) mass is 298 g/mol. The Labute approximate surface area is 124 Å². The van der Waals surface area contributed by atoms with Crippen molar-refractivity contribution in [3.05, 3.63) is 21.6 Å². The zero-order valence-corrected chi connectivity index (χ0v) is 13.4. The zero-order valence-electron chi connectivity index (χ0n) is 12.6. The molecule has 0 aliphatic carbocycles. The van der Waals surface area contributed by atoms with Gasteiger partial charge >= 0.3 is 0 Å². The Bertz CT molecular complexity index is 538. The van der Waals surface area contributed by atoms with Crippen LogP contribution in [0.4, 0.5) is 5.69 Å². The zero-order chi connectivity index (χ0) is 14.9. The van der Waals surface area contributed by atoms with Crippen molar-refractivity contribution in [3.63, 3.8) is 0 Å². The summed E-state index contributed by atoms with van der Waals surface area (Å²) in [5, 5.41) is 7.91. The lowest BCUT2D eigenvalue weighted by atomic mass is 9.99. The fourth-order valence-corrected chi connectivity index (χ4v) is 2.80. The molecule has 0 spiro atoms. The lowest BCUT2D eigenvalue weighted by molar-refractivity contribution is 0.378. The molecule has 1 aliphatic heterocycles. The van der Waals surface area contributed by atoms with Gasteiger partial charge in [-0.05, 0) is 19.8 Å². The summed E-state index contributed by atoms with van der Waals surface area (Å²) >= 11 is 6.31. The van der Waals surface area contributed by atoms with Crippen LogP contribution in [0.1, 0.15) is 27.7 Å². The maximum atomic E-state index is 12.3. The van der Waals surface area contributed by atoms with E-state index in [1.165, 1.54) is 4.68 Å². The molecule has 1 aromatic rings. The van der Waals surface area contributed by atoms with Crippen molar-refractivity contribution >= 4 is 17.3 Å². The molecule has 6 heteroatoms. The number of piperazine rings is 1. The largest absolute Gasteiger partial charge is 0.361 e. The molecule has 1 saturated heterocycles. The summed E-state index contributed by atoms with van der Waals surface area (Å²) in [6.45, 7) is 11.5. The van der Waals surface area contributed by atoms with Crippen LogP contribution in [0.25, 0.3) is 0 Å². The Balaban J connectivity index is 2.38. The minimum Gasteiger partial charge on any atom is -0.361 e. The van der Waals surface area contributed by atoms with E-state index in [1.54, 1.807) is 6.20 Å². The number of hydrogen-bond donors (Lipinski definition) is 1. The van der Waals surface area contributed by atoms with Gasteiger partial charge in [-0.1, -0.05) is 25.4 Å². The summed E-state index contributed by atoms with van der Waals surface area (Å²) in [5.74, 6) is 0.359. The first kappa shape index (κ1) is 15.3. The quantitative estimate of drug-likeness (QED) is 0.923. The number of aromatic nitrogens is 2. The predicted molar refractivity (Wildman–Crippen MR) is 82.6 cm³/mol. The molecule has 2 heterocycles. The summed E-state index contributed by atoms with van der Waals surface area (Å²) in [4.78, 5) is 14.5. The van der Waals surface area contributed by atoms with Crippen molar-refractivity contribution in [2.75, 3.05) is 24.5 Å². The van der Waals surface area contributed by atoms with E-state index in [1.807, 2.05) is 0 Å². The molecule has 0 amide bonds. The van der Waals surface area contributed by atoms with Crippen LogP contribution in [0.5, 0.6) is 0 Å². The smallest absolute Gasteiger partial charge is 0.287 e. The Morgan fingerprint density at radius 3 is 2.80 bits per heavy atom. The van der Waals surface area contributed by atoms with Gasteiger partial charge in [0.1, 0.15) is 5.02 Å². The first-order valence-corrected chi connectivity index (χ1v) is 7.44. The van der Waals surface area contributed by atoms with Gasteiger partial charge in [0.15, 0.2) is 0 Å². The average Bonchev–Trinajstić information content (AvgIpc) is 2.35. The molecule has 1 fully saturated rings. The minimum atomic E-state index is -0.202. The molecule has 20 heavy (non-hydrogen) atoms. The van der Waals surface area contributed by atoms with Crippen molar-refractivity contribution in [1.29, 1.82) is 0 Å². The molecule has 0 radical (unpaired) electrons. The highest BCUT2D eigenvalue weighted by molar-refractivity contribution is 6.33. The number of anilines is 1. The topological polar surface area (TPSA) is 50.2 Å². The van der Waals surface area contributed by atoms with Crippen molar-refractivity contribution < 1.29 is 0 Å². The van der Waals surface area contributed by atoms with Crippen molar-refractivity contribution in [3.8, 4) is 0 Å². The van der Waals surface area contributed by atoms with E-state index in [0.29, 0.717) is 12.5 Å². The van der Waals surface area contributed by atoms with Gasteiger partial charge in [-0.3, -0.25) is 4.79 Å². The standard InChI is InChI=1S/C14H23ClN4O/c1-10(2)8-19-13(20)12(15)11(7-17-19)18-6-5-16-9-14(18,3)4/h7,10,16H,5-6,8-9H2,1-4H3. The lowest BCUT2D eigenvalue weighted by Gasteiger charge is -2.44. The van der Waals surface area contributed by atoms with E-state index >= 15 is 0 Å². The van der Waals surface area contributed by atoms with Crippen LogP contribution in [0.2, 0.25) is 5.02 Å². The summed E-state index contributed by atoms with van der Waals surface area (Å²) in [6.07, 6.45) is 1.72. The van der Waals surface area contributed by atoms with E-state index in [9.17, 15) is 4.79 Å². The lowest BCUT2D eigenvalue weighted by Crippen LogP contribution is -2.58. The molecule has 0 bridgehead atoms. The second-order valence-corrected chi connectivity index (χ2v) is 6.74. The third kappa shape index (κ3) is 2.99. The number of nitrogens with zero attached hydrogens (tertiary/aromatic N) is 3. The second kappa shape index (κ2) is 5.74. The summed E-state index contributed by atoms with van der Waals surface area (Å²) in [6, 6.07) is 0. The van der Waals surface area contributed by atoms with Crippen LogP contribution in [0.15, 0.2) is 11.0 Å². The summed E-state index contributed by atoms with van der Waals surface area (Å²) in [5.41, 5.74) is 0.454. The van der Waals surface area contributed by atoms with Gasteiger partial charge in [0.2, 0.25) is 0 Å². The molecular weight excluding hydrogens is 276 g/mol. The third-order valence-electron chi connectivity index (χ3n) is 3.60. The number of hydrogen-bond acceptors (Lipinski definition) is 4. The Morgan fingerprint density at radius 2 is 2.20 bits per heavy atom. The van der Waals surface area contributed by atoms with E-state index in [-0.39, 0.29) is 16.1 Å².